The molecule has 1 amide bonds. The summed E-state index contributed by atoms with van der Waals surface area (Å²) in [5, 5.41) is 4.32. The highest BCUT2D eigenvalue weighted by Crippen LogP contribution is 2.27. The molecule has 1 heterocycles. The Morgan fingerprint density at radius 1 is 0.903 bits per heavy atom. The van der Waals surface area contributed by atoms with E-state index in [9.17, 15) is 4.79 Å². The van der Waals surface area contributed by atoms with Crippen LogP contribution in [-0.2, 0) is 13.0 Å². The SMILES string of the molecule is Cc1c(C)n(Cc2ccccc2)c2ccc(C(=O)N[C@H](C)CCc3ccccc3)cc12. The van der Waals surface area contributed by atoms with Gasteiger partial charge in [-0.15, -0.1) is 0 Å². The van der Waals surface area contributed by atoms with Gasteiger partial charge in [-0.05, 0) is 68.5 Å². The molecule has 0 radical (unpaired) electrons. The Morgan fingerprint density at radius 2 is 1.55 bits per heavy atom. The van der Waals surface area contributed by atoms with Crippen molar-refractivity contribution in [1.82, 2.24) is 9.88 Å². The van der Waals surface area contributed by atoms with Crippen LogP contribution in [0, 0.1) is 13.8 Å². The summed E-state index contributed by atoms with van der Waals surface area (Å²) in [5.41, 5.74) is 6.95. The van der Waals surface area contributed by atoms with Gasteiger partial charge in [0.25, 0.3) is 5.91 Å². The van der Waals surface area contributed by atoms with Gasteiger partial charge >= 0.3 is 0 Å². The predicted octanol–water partition coefficient (Wildman–Crippen LogP) is 6.06. The van der Waals surface area contributed by atoms with Crippen molar-refractivity contribution in [3.05, 3.63) is 107 Å². The van der Waals surface area contributed by atoms with Gasteiger partial charge in [0.05, 0.1) is 0 Å². The summed E-state index contributed by atoms with van der Waals surface area (Å²) >= 11 is 0. The Kier molecular flexibility index (Phi) is 6.22. The van der Waals surface area contributed by atoms with Gasteiger partial charge in [-0.1, -0.05) is 60.7 Å². The Hall–Kier alpha value is -3.33. The molecule has 1 aromatic heterocycles. The number of amides is 1. The van der Waals surface area contributed by atoms with E-state index >= 15 is 0 Å². The van der Waals surface area contributed by atoms with Gasteiger partial charge in [-0.25, -0.2) is 0 Å². The molecule has 0 spiro atoms. The maximum absolute atomic E-state index is 12.9. The molecular weight excluding hydrogens is 380 g/mol. The van der Waals surface area contributed by atoms with E-state index in [1.54, 1.807) is 0 Å². The number of nitrogens with zero attached hydrogens (tertiary/aromatic N) is 1. The van der Waals surface area contributed by atoms with E-state index in [1.807, 2.05) is 24.3 Å². The number of benzene rings is 3. The van der Waals surface area contributed by atoms with E-state index in [0.29, 0.717) is 0 Å². The topological polar surface area (TPSA) is 34.0 Å². The molecule has 0 aliphatic rings. The molecule has 0 saturated heterocycles. The predicted molar refractivity (Wildman–Crippen MR) is 129 cm³/mol. The Labute approximate surface area is 184 Å². The highest BCUT2D eigenvalue weighted by atomic mass is 16.1. The van der Waals surface area contributed by atoms with E-state index in [0.717, 1.165) is 30.3 Å². The molecule has 0 unspecified atom stereocenters. The number of aromatic nitrogens is 1. The quantitative estimate of drug-likeness (QED) is 0.395. The fraction of sp³-hybridized carbons (Fsp3) is 0.250. The summed E-state index contributed by atoms with van der Waals surface area (Å²) in [7, 11) is 0. The number of fused-ring (bicyclic) bond motifs is 1. The smallest absolute Gasteiger partial charge is 0.251 e. The normalized spacial score (nSPS) is 12.1. The molecule has 0 aliphatic carbocycles. The molecular formula is C28H30N2O. The average molecular weight is 411 g/mol. The van der Waals surface area contributed by atoms with Crippen LogP contribution in [0.25, 0.3) is 10.9 Å². The molecule has 3 nitrogen and oxygen atoms in total. The molecule has 3 heteroatoms. The zero-order valence-corrected chi connectivity index (χ0v) is 18.6. The van der Waals surface area contributed by atoms with Gasteiger partial charge in [0.15, 0.2) is 0 Å². The van der Waals surface area contributed by atoms with Crippen LogP contribution in [-0.4, -0.2) is 16.5 Å². The average Bonchev–Trinajstić information content (AvgIpc) is 3.03. The molecule has 158 valence electrons. The fourth-order valence-corrected chi connectivity index (χ4v) is 4.17. The monoisotopic (exact) mass is 410 g/mol. The fourth-order valence-electron chi connectivity index (χ4n) is 4.17. The second-order valence-corrected chi connectivity index (χ2v) is 8.41. The second kappa shape index (κ2) is 9.22. The molecule has 0 fully saturated rings. The van der Waals surface area contributed by atoms with Crippen LogP contribution >= 0.6 is 0 Å². The highest BCUT2D eigenvalue weighted by Gasteiger charge is 2.15. The van der Waals surface area contributed by atoms with E-state index < -0.39 is 0 Å². The lowest BCUT2D eigenvalue weighted by Gasteiger charge is -2.14. The maximum atomic E-state index is 12.9. The van der Waals surface area contributed by atoms with Crippen LogP contribution in [0.2, 0.25) is 0 Å². The van der Waals surface area contributed by atoms with E-state index in [1.165, 1.54) is 27.9 Å². The van der Waals surface area contributed by atoms with Crippen molar-refractivity contribution in [3.8, 4) is 0 Å². The van der Waals surface area contributed by atoms with Gasteiger partial charge in [0, 0.05) is 34.7 Å². The first kappa shape index (κ1) is 20.9. The lowest BCUT2D eigenvalue weighted by Crippen LogP contribution is -2.32. The standard InChI is InChI=1S/C28H30N2O/c1-20(14-15-23-10-6-4-7-11-23)29-28(31)25-16-17-27-26(18-25)21(2)22(3)30(27)19-24-12-8-5-9-13-24/h4-13,16-18,20H,14-15,19H2,1-3H3,(H,29,31)/t20-/m1/s1. The summed E-state index contributed by atoms with van der Waals surface area (Å²) in [4.78, 5) is 12.9. The lowest BCUT2D eigenvalue weighted by atomic mass is 10.1. The van der Waals surface area contributed by atoms with E-state index in [-0.39, 0.29) is 11.9 Å². The number of hydrogen-bond acceptors (Lipinski definition) is 1. The van der Waals surface area contributed by atoms with Crippen LogP contribution in [0.1, 0.15) is 46.1 Å². The molecule has 3 aromatic carbocycles. The largest absolute Gasteiger partial charge is 0.350 e. The maximum Gasteiger partial charge on any atom is 0.251 e. The molecule has 0 saturated carbocycles. The number of carbonyl (C=O) groups excluding carboxylic acids is 1. The minimum atomic E-state index is -0.00433. The van der Waals surface area contributed by atoms with Crippen LogP contribution in [0.3, 0.4) is 0 Å². The highest BCUT2D eigenvalue weighted by molar-refractivity contribution is 5.99. The van der Waals surface area contributed by atoms with Crippen molar-refractivity contribution in [3.63, 3.8) is 0 Å². The van der Waals surface area contributed by atoms with Gasteiger partial charge < -0.3 is 9.88 Å². The molecule has 1 N–H and O–H groups in total. The lowest BCUT2D eigenvalue weighted by molar-refractivity contribution is 0.0938. The van der Waals surface area contributed by atoms with Crippen LogP contribution in [0.15, 0.2) is 78.9 Å². The molecule has 1 atom stereocenters. The molecule has 4 rings (SSSR count). The summed E-state index contributed by atoms with van der Waals surface area (Å²) in [6.45, 7) is 7.21. The van der Waals surface area contributed by atoms with Crippen molar-refractivity contribution >= 4 is 16.8 Å². The summed E-state index contributed by atoms with van der Waals surface area (Å²) in [6, 6.07) is 27.1. The number of aryl methyl sites for hydroxylation is 2. The van der Waals surface area contributed by atoms with Gasteiger partial charge in [-0.2, -0.15) is 0 Å². The van der Waals surface area contributed by atoms with Gasteiger partial charge in [0.1, 0.15) is 0 Å². The van der Waals surface area contributed by atoms with E-state index in [2.05, 4.69) is 85.3 Å². The Bertz CT molecular complexity index is 1180. The third-order valence-corrected chi connectivity index (χ3v) is 6.17. The van der Waals surface area contributed by atoms with Crippen molar-refractivity contribution < 1.29 is 4.79 Å². The van der Waals surface area contributed by atoms with Gasteiger partial charge in [0.2, 0.25) is 0 Å². The molecule has 31 heavy (non-hydrogen) atoms. The van der Waals surface area contributed by atoms with E-state index in [4.69, 9.17) is 0 Å². The summed E-state index contributed by atoms with van der Waals surface area (Å²) in [5.74, 6) is -0.00433. The summed E-state index contributed by atoms with van der Waals surface area (Å²) in [6.07, 6.45) is 1.88. The van der Waals surface area contributed by atoms with Crippen molar-refractivity contribution in [2.24, 2.45) is 0 Å². The Morgan fingerprint density at radius 3 is 2.23 bits per heavy atom. The van der Waals surface area contributed by atoms with Crippen molar-refractivity contribution in [2.45, 2.75) is 46.2 Å². The first-order chi connectivity index (χ1) is 15.0. The minimum absolute atomic E-state index is 0.00433. The van der Waals surface area contributed by atoms with Crippen LogP contribution in [0.4, 0.5) is 0 Å². The Balaban J connectivity index is 1.49. The molecule has 0 bridgehead atoms. The second-order valence-electron chi connectivity index (χ2n) is 8.41. The number of hydrogen-bond donors (Lipinski definition) is 1. The summed E-state index contributed by atoms with van der Waals surface area (Å²) < 4.78 is 2.34. The first-order valence-corrected chi connectivity index (χ1v) is 11.0. The number of nitrogens with one attached hydrogen (secondary N) is 1. The minimum Gasteiger partial charge on any atom is -0.350 e. The van der Waals surface area contributed by atoms with Crippen molar-refractivity contribution in [1.29, 1.82) is 0 Å². The number of carbonyl (C=O) groups is 1. The zero-order valence-electron chi connectivity index (χ0n) is 18.6. The van der Waals surface area contributed by atoms with Crippen molar-refractivity contribution in [2.75, 3.05) is 0 Å². The molecule has 4 aromatic rings. The van der Waals surface area contributed by atoms with Gasteiger partial charge in [-0.3, -0.25) is 4.79 Å². The third-order valence-electron chi connectivity index (χ3n) is 6.17. The third kappa shape index (κ3) is 4.72. The first-order valence-electron chi connectivity index (χ1n) is 11.0. The number of rotatable bonds is 7. The van der Waals surface area contributed by atoms with Crippen LogP contribution in [0.5, 0.6) is 0 Å². The molecule has 0 aliphatic heterocycles. The zero-order chi connectivity index (χ0) is 21.8. The van der Waals surface area contributed by atoms with Crippen LogP contribution < -0.4 is 5.32 Å².